The van der Waals surface area contributed by atoms with E-state index in [1.807, 2.05) is 6.20 Å². The van der Waals surface area contributed by atoms with Gasteiger partial charge >= 0.3 is 6.03 Å². The van der Waals surface area contributed by atoms with Crippen molar-refractivity contribution in [1.82, 2.24) is 14.5 Å². The minimum Gasteiger partial charge on any atom is -0.330 e. The average molecular weight is 249 g/mol. The van der Waals surface area contributed by atoms with Crippen LogP contribution in [0.1, 0.15) is 45.2 Å². The topological polar surface area (TPSA) is 38.1 Å². The average Bonchev–Trinajstić information content (AvgIpc) is 2.77. The van der Waals surface area contributed by atoms with Gasteiger partial charge in [-0.1, -0.05) is 26.7 Å². The zero-order chi connectivity index (χ0) is 13.3. The van der Waals surface area contributed by atoms with Crippen LogP contribution in [0.3, 0.4) is 0 Å². The van der Waals surface area contributed by atoms with E-state index in [2.05, 4.69) is 18.8 Å². The highest BCUT2D eigenvalue weighted by molar-refractivity contribution is 5.76. The number of nitrogens with zero attached hydrogens (tertiary/aromatic N) is 3. The molecule has 100 valence electrons. The molecule has 2 atom stereocenters. The van der Waals surface area contributed by atoms with E-state index < -0.39 is 0 Å². The van der Waals surface area contributed by atoms with Crippen molar-refractivity contribution in [3.8, 4) is 0 Å². The Kier molecular flexibility index (Phi) is 3.46. The highest BCUT2D eigenvalue weighted by Crippen LogP contribution is 2.40. The molecule has 18 heavy (non-hydrogen) atoms. The van der Waals surface area contributed by atoms with Crippen LogP contribution in [0, 0.1) is 5.92 Å². The molecule has 0 spiro atoms. The maximum Gasteiger partial charge on any atom is 0.328 e. The molecule has 1 aromatic heterocycles. The van der Waals surface area contributed by atoms with E-state index >= 15 is 0 Å². The van der Waals surface area contributed by atoms with Gasteiger partial charge in [-0.3, -0.25) is 4.57 Å². The highest BCUT2D eigenvalue weighted by Gasteiger charge is 2.34. The van der Waals surface area contributed by atoms with Crippen molar-refractivity contribution in [3.05, 3.63) is 18.2 Å². The summed E-state index contributed by atoms with van der Waals surface area (Å²) in [4.78, 5) is 17.9. The van der Waals surface area contributed by atoms with Crippen molar-refractivity contribution in [2.75, 3.05) is 14.1 Å². The normalized spacial score (nSPS) is 28.1. The van der Waals surface area contributed by atoms with Crippen LogP contribution in [-0.2, 0) is 5.41 Å². The molecule has 0 saturated heterocycles. The monoisotopic (exact) mass is 249 g/mol. The summed E-state index contributed by atoms with van der Waals surface area (Å²) in [7, 11) is 3.51. The van der Waals surface area contributed by atoms with Crippen molar-refractivity contribution >= 4 is 6.03 Å². The zero-order valence-electron chi connectivity index (χ0n) is 11.8. The molecule has 1 heterocycles. The van der Waals surface area contributed by atoms with Gasteiger partial charge < -0.3 is 4.90 Å². The van der Waals surface area contributed by atoms with Crippen LogP contribution in [0.4, 0.5) is 4.79 Å². The molecule has 0 radical (unpaired) electrons. The van der Waals surface area contributed by atoms with Crippen molar-refractivity contribution < 1.29 is 4.79 Å². The number of amides is 1. The van der Waals surface area contributed by atoms with Crippen molar-refractivity contribution in [3.63, 3.8) is 0 Å². The quantitative estimate of drug-likeness (QED) is 0.767. The fraction of sp³-hybridized carbons (Fsp3) is 0.714. The molecule has 1 fully saturated rings. The molecule has 1 saturated carbocycles. The first-order valence-electron chi connectivity index (χ1n) is 6.68. The first-order chi connectivity index (χ1) is 8.42. The van der Waals surface area contributed by atoms with Gasteiger partial charge in [-0.25, -0.2) is 9.78 Å². The summed E-state index contributed by atoms with van der Waals surface area (Å²) in [5.41, 5.74) is 1.19. The third kappa shape index (κ3) is 2.42. The molecule has 0 aliphatic heterocycles. The maximum absolute atomic E-state index is 11.9. The predicted molar refractivity (Wildman–Crippen MR) is 71.7 cm³/mol. The van der Waals surface area contributed by atoms with Gasteiger partial charge in [0, 0.05) is 25.7 Å². The van der Waals surface area contributed by atoms with Crippen molar-refractivity contribution in [1.29, 1.82) is 0 Å². The van der Waals surface area contributed by atoms with Crippen LogP contribution < -0.4 is 0 Å². The van der Waals surface area contributed by atoms with Gasteiger partial charge in [0.2, 0.25) is 0 Å². The van der Waals surface area contributed by atoms with Crippen molar-refractivity contribution in [2.24, 2.45) is 5.92 Å². The Labute approximate surface area is 109 Å². The first kappa shape index (κ1) is 13.1. The third-order valence-electron chi connectivity index (χ3n) is 4.03. The van der Waals surface area contributed by atoms with Gasteiger partial charge in [0.1, 0.15) is 6.33 Å². The molecule has 2 rings (SSSR count). The second kappa shape index (κ2) is 4.75. The van der Waals surface area contributed by atoms with E-state index in [4.69, 9.17) is 0 Å². The number of aromatic nitrogens is 2. The molecule has 0 N–H and O–H groups in total. The van der Waals surface area contributed by atoms with Crippen LogP contribution in [0.2, 0.25) is 0 Å². The number of carbonyl (C=O) groups excluding carboxylic acids is 1. The summed E-state index contributed by atoms with van der Waals surface area (Å²) in [6.45, 7) is 4.58. The molecule has 0 aromatic carbocycles. The van der Waals surface area contributed by atoms with Crippen LogP contribution in [0.15, 0.2) is 12.5 Å². The molecule has 1 aliphatic rings. The summed E-state index contributed by atoms with van der Waals surface area (Å²) in [5, 5.41) is 0. The number of hydrogen-bond donors (Lipinski definition) is 0. The van der Waals surface area contributed by atoms with Crippen molar-refractivity contribution in [2.45, 2.75) is 44.9 Å². The number of carbonyl (C=O) groups is 1. The summed E-state index contributed by atoms with van der Waals surface area (Å²) in [5.74, 6) is 0.749. The third-order valence-corrected chi connectivity index (χ3v) is 4.03. The molecule has 1 aromatic rings. The van der Waals surface area contributed by atoms with E-state index in [0.29, 0.717) is 0 Å². The predicted octanol–water partition coefficient (Wildman–Crippen LogP) is 2.88. The molecule has 0 bridgehead atoms. The molecular weight excluding hydrogens is 226 g/mol. The maximum atomic E-state index is 11.9. The second-order valence-electron chi connectivity index (χ2n) is 6.11. The van der Waals surface area contributed by atoms with Gasteiger partial charge in [-0.15, -0.1) is 0 Å². The lowest BCUT2D eigenvalue weighted by Gasteiger charge is -2.35. The Bertz CT molecular complexity index is 438. The zero-order valence-corrected chi connectivity index (χ0v) is 11.8. The summed E-state index contributed by atoms with van der Waals surface area (Å²) < 4.78 is 1.58. The summed E-state index contributed by atoms with van der Waals surface area (Å²) in [6.07, 6.45) is 8.45. The first-order valence-corrected chi connectivity index (χ1v) is 6.68. The molecular formula is C14H23N3O. The van der Waals surface area contributed by atoms with Crippen LogP contribution in [-0.4, -0.2) is 34.6 Å². The van der Waals surface area contributed by atoms with E-state index in [9.17, 15) is 4.79 Å². The molecule has 2 unspecified atom stereocenters. The minimum atomic E-state index is -0.0405. The minimum absolute atomic E-state index is 0.0405. The smallest absolute Gasteiger partial charge is 0.328 e. The summed E-state index contributed by atoms with van der Waals surface area (Å²) in [6, 6.07) is -0.0405. The number of hydrogen-bond acceptors (Lipinski definition) is 2. The van der Waals surface area contributed by atoms with Gasteiger partial charge in [0.25, 0.3) is 0 Å². The SMILES string of the molecule is CC1CCCC(C)(c2cn(C(=O)N(C)C)cn2)C1. The Morgan fingerprint density at radius 2 is 2.28 bits per heavy atom. The van der Waals surface area contributed by atoms with Gasteiger partial charge in [-0.2, -0.15) is 0 Å². The second-order valence-corrected chi connectivity index (χ2v) is 6.11. The Morgan fingerprint density at radius 1 is 1.56 bits per heavy atom. The van der Waals surface area contributed by atoms with E-state index in [1.54, 1.807) is 29.9 Å². The number of rotatable bonds is 1. The highest BCUT2D eigenvalue weighted by atomic mass is 16.2. The van der Waals surface area contributed by atoms with Crippen LogP contribution in [0.25, 0.3) is 0 Å². The Morgan fingerprint density at radius 3 is 2.89 bits per heavy atom. The van der Waals surface area contributed by atoms with E-state index in [0.717, 1.165) is 11.6 Å². The summed E-state index contributed by atoms with van der Waals surface area (Å²) >= 11 is 0. The van der Waals surface area contributed by atoms with E-state index in [-0.39, 0.29) is 11.4 Å². The van der Waals surface area contributed by atoms with Gasteiger partial charge in [0.15, 0.2) is 0 Å². The lowest BCUT2D eigenvalue weighted by atomic mass is 9.70. The molecule has 4 heteroatoms. The molecule has 1 aliphatic carbocycles. The standard InChI is InChI=1S/C14H23N3O/c1-11-6-5-7-14(2,8-11)12-9-17(10-15-12)13(18)16(3)4/h9-11H,5-8H2,1-4H3. The van der Waals surface area contributed by atoms with Gasteiger partial charge in [0.05, 0.1) is 5.69 Å². The van der Waals surface area contributed by atoms with E-state index in [1.165, 1.54) is 25.7 Å². The fourth-order valence-electron chi connectivity index (χ4n) is 3.02. The number of imidazole rings is 1. The Hall–Kier alpha value is -1.32. The van der Waals surface area contributed by atoms with Crippen LogP contribution >= 0.6 is 0 Å². The Balaban J connectivity index is 2.21. The lowest BCUT2D eigenvalue weighted by molar-refractivity contribution is 0.219. The lowest BCUT2D eigenvalue weighted by Crippen LogP contribution is -2.30. The van der Waals surface area contributed by atoms with Crippen LogP contribution in [0.5, 0.6) is 0 Å². The molecule has 1 amide bonds. The fourth-order valence-corrected chi connectivity index (χ4v) is 3.02. The molecule has 4 nitrogen and oxygen atoms in total. The van der Waals surface area contributed by atoms with Gasteiger partial charge in [-0.05, 0) is 18.8 Å². The largest absolute Gasteiger partial charge is 0.330 e.